The number of amides is 3. The van der Waals surface area contributed by atoms with Gasteiger partial charge in [-0.15, -0.1) is 0 Å². The molecular formula is C25H27N5O6S. The molecule has 1 atom stereocenters. The summed E-state index contributed by atoms with van der Waals surface area (Å²) in [4.78, 5) is 52.2. The summed E-state index contributed by atoms with van der Waals surface area (Å²) in [7, 11) is 0. The van der Waals surface area contributed by atoms with E-state index in [1.54, 1.807) is 19.1 Å². The third-order valence-electron chi connectivity index (χ3n) is 5.42. The number of aryl methyl sites for hydroxylation is 1. The SMILES string of the molecule is CCOC(=O)CNC(=O)[C@@H](c1ccc(O)cc1)N(C(=O)c1snc(C(N)=O)c1N)c1ccc(CC)cc1. The monoisotopic (exact) mass is 525 g/mol. The minimum absolute atomic E-state index is 0.0441. The maximum atomic E-state index is 13.9. The quantitative estimate of drug-likeness (QED) is 0.291. The number of ether oxygens (including phenoxy) is 1. The molecule has 0 fully saturated rings. The molecule has 0 saturated heterocycles. The van der Waals surface area contributed by atoms with Gasteiger partial charge in [0, 0.05) is 5.69 Å². The highest BCUT2D eigenvalue weighted by Crippen LogP contribution is 2.33. The molecule has 37 heavy (non-hydrogen) atoms. The predicted molar refractivity (Wildman–Crippen MR) is 138 cm³/mol. The Labute approximate surface area is 217 Å². The van der Waals surface area contributed by atoms with E-state index < -0.39 is 36.3 Å². The van der Waals surface area contributed by atoms with E-state index in [1.807, 2.05) is 19.1 Å². The standard InChI is InChI=1S/C25H27N5O6S/c1-3-14-5-9-16(10-6-14)30(25(35)22-19(26)20(23(27)33)29-37-22)21(15-7-11-17(31)12-8-15)24(34)28-13-18(32)36-4-2/h5-12,21,31H,3-4,13,26H2,1-2H3,(H2,27,33)(H,28,34)/t21-/m1/s1. The van der Waals surface area contributed by atoms with Gasteiger partial charge in [-0.3, -0.25) is 24.1 Å². The summed E-state index contributed by atoms with van der Waals surface area (Å²) in [6, 6.07) is 11.4. The number of nitrogen functional groups attached to an aromatic ring is 1. The van der Waals surface area contributed by atoms with Crippen molar-refractivity contribution < 1.29 is 29.0 Å². The highest BCUT2D eigenvalue weighted by Gasteiger charge is 2.36. The molecule has 2 aromatic carbocycles. The Balaban J connectivity index is 2.15. The first-order chi connectivity index (χ1) is 17.7. The van der Waals surface area contributed by atoms with Gasteiger partial charge in [0.2, 0.25) is 5.91 Å². The highest BCUT2D eigenvalue weighted by atomic mass is 32.1. The third-order valence-corrected chi connectivity index (χ3v) is 6.28. The van der Waals surface area contributed by atoms with E-state index in [2.05, 4.69) is 9.69 Å². The number of rotatable bonds is 10. The summed E-state index contributed by atoms with van der Waals surface area (Å²) in [5, 5.41) is 12.3. The number of phenols is 1. The molecule has 0 spiro atoms. The molecule has 12 heteroatoms. The number of esters is 1. The first-order valence-corrected chi connectivity index (χ1v) is 12.1. The highest BCUT2D eigenvalue weighted by molar-refractivity contribution is 7.09. The molecule has 3 aromatic rings. The second-order valence-corrected chi connectivity index (χ2v) is 8.62. The number of hydrogen-bond donors (Lipinski definition) is 4. The molecule has 194 valence electrons. The molecule has 0 saturated carbocycles. The average molecular weight is 526 g/mol. The first kappa shape index (κ1) is 27.1. The normalized spacial score (nSPS) is 11.4. The Hall–Kier alpha value is -4.45. The van der Waals surface area contributed by atoms with Crippen molar-refractivity contribution in [1.82, 2.24) is 9.69 Å². The minimum atomic E-state index is -1.30. The van der Waals surface area contributed by atoms with E-state index in [1.165, 1.54) is 29.2 Å². The van der Waals surface area contributed by atoms with Crippen LogP contribution in [0, 0.1) is 0 Å². The van der Waals surface area contributed by atoms with Crippen LogP contribution in [0.1, 0.15) is 51.2 Å². The summed E-state index contributed by atoms with van der Waals surface area (Å²) in [6.07, 6.45) is 0.749. The molecule has 3 amide bonds. The van der Waals surface area contributed by atoms with E-state index in [-0.39, 0.29) is 28.6 Å². The lowest BCUT2D eigenvalue weighted by Gasteiger charge is -2.31. The fourth-order valence-electron chi connectivity index (χ4n) is 3.56. The number of nitrogens with zero attached hydrogens (tertiary/aromatic N) is 2. The number of carbonyl (C=O) groups is 4. The summed E-state index contributed by atoms with van der Waals surface area (Å²) in [5.41, 5.74) is 12.6. The van der Waals surface area contributed by atoms with Crippen molar-refractivity contribution in [3.63, 3.8) is 0 Å². The van der Waals surface area contributed by atoms with Gasteiger partial charge in [0.15, 0.2) is 5.69 Å². The van der Waals surface area contributed by atoms with Crippen molar-refractivity contribution in [2.45, 2.75) is 26.3 Å². The number of anilines is 2. The van der Waals surface area contributed by atoms with Gasteiger partial charge in [-0.2, -0.15) is 4.37 Å². The van der Waals surface area contributed by atoms with Crippen LogP contribution < -0.4 is 21.7 Å². The number of nitrogens with two attached hydrogens (primary N) is 2. The van der Waals surface area contributed by atoms with Crippen molar-refractivity contribution in [2.24, 2.45) is 5.73 Å². The van der Waals surface area contributed by atoms with E-state index in [4.69, 9.17) is 16.2 Å². The van der Waals surface area contributed by atoms with E-state index in [0.29, 0.717) is 22.8 Å². The van der Waals surface area contributed by atoms with Crippen LogP contribution in [0.3, 0.4) is 0 Å². The van der Waals surface area contributed by atoms with Crippen molar-refractivity contribution in [1.29, 1.82) is 0 Å². The summed E-state index contributed by atoms with van der Waals surface area (Å²) >= 11 is 0.682. The number of aromatic hydroxyl groups is 1. The fourth-order valence-corrected chi connectivity index (χ4v) is 4.30. The molecule has 3 rings (SSSR count). The van der Waals surface area contributed by atoms with Crippen molar-refractivity contribution >= 4 is 46.6 Å². The van der Waals surface area contributed by atoms with Crippen molar-refractivity contribution in [3.8, 4) is 5.75 Å². The van der Waals surface area contributed by atoms with Crippen LogP contribution in [0.25, 0.3) is 0 Å². The molecule has 0 aliphatic carbocycles. The molecule has 0 radical (unpaired) electrons. The number of phenolic OH excluding ortho intramolecular Hbond substituents is 1. The van der Waals surface area contributed by atoms with Gasteiger partial charge in [0.1, 0.15) is 23.2 Å². The van der Waals surface area contributed by atoms with Gasteiger partial charge in [0.05, 0.1) is 12.3 Å². The number of primary amides is 1. The van der Waals surface area contributed by atoms with Gasteiger partial charge in [-0.25, -0.2) is 0 Å². The van der Waals surface area contributed by atoms with E-state index in [9.17, 15) is 24.3 Å². The Kier molecular flexibility index (Phi) is 8.80. The molecule has 6 N–H and O–H groups in total. The van der Waals surface area contributed by atoms with Gasteiger partial charge >= 0.3 is 5.97 Å². The molecule has 0 unspecified atom stereocenters. The van der Waals surface area contributed by atoms with Gasteiger partial charge in [0.25, 0.3) is 11.8 Å². The maximum absolute atomic E-state index is 13.9. The number of carbonyl (C=O) groups excluding carboxylic acids is 4. The van der Waals surface area contributed by atoms with E-state index in [0.717, 1.165) is 12.0 Å². The van der Waals surface area contributed by atoms with Crippen LogP contribution >= 0.6 is 11.5 Å². The first-order valence-electron chi connectivity index (χ1n) is 11.4. The largest absolute Gasteiger partial charge is 0.508 e. The zero-order valence-corrected chi connectivity index (χ0v) is 21.1. The number of hydrogen-bond acceptors (Lipinski definition) is 9. The van der Waals surface area contributed by atoms with Crippen LogP contribution in [0.15, 0.2) is 48.5 Å². The summed E-state index contributed by atoms with van der Waals surface area (Å²) < 4.78 is 8.80. The second kappa shape index (κ2) is 12.0. The smallest absolute Gasteiger partial charge is 0.325 e. The molecule has 11 nitrogen and oxygen atoms in total. The molecule has 0 bridgehead atoms. The third kappa shape index (κ3) is 6.22. The minimum Gasteiger partial charge on any atom is -0.508 e. The van der Waals surface area contributed by atoms with Gasteiger partial charge in [-0.1, -0.05) is 31.2 Å². The number of aromatic nitrogens is 1. The average Bonchev–Trinajstić information content (AvgIpc) is 3.28. The van der Waals surface area contributed by atoms with Gasteiger partial charge in [-0.05, 0) is 60.3 Å². The summed E-state index contributed by atoms with van der Waals surface area (Å²) in [6.45, 7) is 3.33. The second-order valence-electron chi connectivity index (χ2n) is 7.85. The number of benzene rings is 2. The van der Waals surface area contributed by atoms with Gasteiger partial charge < -0.3 is 26.6 Å². The Morgan fingerprint density at radius 3 is 2.27 bits per heavy atom. The molecular weight excluding hydrogens is 498 g/mol. The van der Waals surface area contributed by atoms with Crippen LogP contribution in [-0.2, 0) is 20.7 Å². The lowest BCUT2D eigenvalue weighted by molar-refractivity contribution is -0.143. The topological polar surface area (TPSA) is 178 Å². The lowest BCUT2D eigenvalue weighted by atomic mass is 10.0. The molecule has 0 aliphatic rings. The lowest BCUT2D eigenvalue weighted by Crippen LogP contribution is -2.45. The van der Waals surface area contributed by atoms with Crippen LogP contribution in [0.4, 0.5) is 11.4 Å². The Morgan fingerprint density at radius 1 is 1.08 bits per heavy atom. The molecule has 1 aromatic heterocycles. The summed E-state index contributed by atoms with van der Waals surface area (Å²) in [5.74, 6) is -2.99. The Bertz CT molecular complexity index is 1290. The van der Waals surface area contributed by atoms with Crippen LogP contribution in [-0.4, -0.2) is 46.3 Å². The van der Waals surface area contributed by atoms with Crippen molar-refractivity contribution in [2.75, 3.05) is 23.8 Å². The number of nitrogens with one attached hydrogen (secondary N) is 1. The zero-order chi connectivity index (χ0) is 27.1. The molecule has 0 aliphatic heterocycles. The zero-order valence-electron chi connectivity index (χ0n) is 20.3. The van der Waals surface area contributed by atoms with Crippen LogP contribution in [0.5, 0.6) is 5.75 Å². The fraction of sp³-hybridized carbons (Fsp3) is 0.240. The maximum Gasteiger partial charge on any atom is 0.325 e. The Morgan fingerprint density at radius 2 is 1.73 bits per heavy atom. The van der Waals surface area contributed by atoms with Crippen LogP contribution in [0.2, 0.25) is 0 Å². The van der Waals surface area contributed by atoms with E-state index >= 15 is 0 Å². The molecule has 1 heterocycles. The van der Waals surface area contributed by atoms with Crippen molar-refractivity contribution in [3.05, 3.63) is 70.2 Å². The predicted octanol–water partition coefficient (Wildman–Crippen LogP) is 2.16.